The third kappa shape index (κ3) is 3.97. The Bertz CT molecular complexity index is 461. The monoisotopic (exact) mass is 314 g/mol. The lowest BCUT2D eigenvalue weighted by molar-refractivity contribution is -0.0453. The molecule has 1 N–H and O–H groups in total. The van der Waals surface area contributed by atoms with Gasteiger partial charge in [-0.3, -0.25) is 9.58 Å². The molecule has 2 rings (SSSR count). The number of likely N-dealkylation sites (N-methyl/N-ethyl adjacent to an activating group) is 1. The fraction of sp³-hybridized carbons (Fsp3) is 0.800. The smallest absolute Gasteiger partial charge is 0.0858 e. The van der Waals surface area contributed by atoms with Gasteiger partial charge in [-0.2, -0.15) is 5.10 Å². The second-order valence-electron chi connectivity index (χ2n) is 5.78. The Hall–Kier alpha value is -0.620. The Kier molecular flexibility index (Phi) is 6.05. The molecule has 6 heteroatoms. The molecular weight excluding hydrogens is 288 g/mol. The van der Waals surface area contributed by atoms with E-state index >= 15 is 0 Å². The number of hydrogen-bond acceptors (Lipinski definition) is 4. The average molecular weight is 315 g/mol. The standard InChI is InChI=1S/C15H27ClN4O/c1-5-6-20-7-8-21-14(10-20)12(17-3)9-13-15(16)11(2)18-19(13)4/h12,14,17H,5-10H2,1-4H3. The van der Waals surface area contributed by atoms with Gasteiger partial charge in [-0.25, -0.2) is 0 Å². The lowest BCUT2D eigenvalue weighted by Gasteiger charge is -2.37. The van der Waals surface area contributed by atoms with Crippen LogP contribution in [0, 0.1) is 6.92 Å². The summed E-state index contributed by atoms with van der Waals surface area (Å²) in [6, 6.07) is 0.247. The van der Waals surface area contributed by atoms with E-state index in [1.807, 2.05) is 25.7 Å². The summed E-state index contributed by atoms with van der Waals surface area (Å²) in [6.45, 7) is 8.13. The lowest BCUT2D eigenvalue weighted by atomic mass is 10.0. The van der Waals surface area contributed by atoms with Crippen LogP contribution in [0.1, 0.15) is 24.7 Å². The number of aromatic nitrogens is 2. The first-order valence-corrected chi connectivity index (χ1v) is 8.13. The van der Waals surface area contributed by atoms with Gasteiger partial charge in [0, 0.05) is 32.6 Å². The van der Waals surface area contributed by atoms with Crippen LogP contribution in [0.15, 0.2) is 0 Å². The van der Waals surface area contributed by atoms with Crippen LogP contribution in [0.4, 0.5) is 0 Å². The van der Waals surface area contributed by atoms with Crippen LogP contribution < -0.4 is 5.32 Å². The summed E-state index contributed by atoms with van der Waals surface area (Å²) < 4.78 is 7.87. The van der Waals surface area contributed by atoms with Crippen LogP contribution in [0.5, 0.6) is 0 Å². The molecule has 1 aliphatic heterocycles. The summed E-state index contributed by atoms with van der Waals surface area (Å²) in [6.07, 6.45) is 2.21. The van der Waals surface area contributed by atoms with E-state index in [0.29, 0.717) is 0 Å². The van der Waals surface area contributed by atoms with Crippen LogP contribution in [-0.4, -0.2) is 60.1 Å². The number of nitrogens with one attached hydrogen (secondary N) is 1. The molecule has 1 aromatic rings. The first-order chi connectivity index (χ1) is 10.1. The van der Waals surface area contributed by atoms with E-state index < -0.39 is 0 Å². The van der Waals surface area contributed by atoms with Crippen molar-refractivity contribution >= 4 is 11.6 Å². The van der Waals surface area contributed by atoms with Gasteiger partial charge in [0.15, 0.2) is 0 Å². The minimum atomic E-state index is 0.196. The molecule has 2 unspecified atom stereocenters. The van der Waals surface area contributed by atoms with Gasteiger partial charge in [0.25, 0.3) is 0 Å². The van der Waals surface area contributed by atoms with Gasteiger partial charge in [0.2, 0.25) is 0 Å². The molecule has 0 amide bonds. The van der Waals surface area contributed by atoms with Gasteiger partial charge >= 0.3 is 0 Å². The van der Waals surface area contributed by atoms with Crippen molar-refractivity contribution in [3.05, 3.63) is 16.4 Å². The van der Waals surface area contributed by atoms with E-state index in [2.05, 4.69) is 22.2 Å². The Labute approximate surface area is 132 Å². The highest BCUT2D eigenvalue weighted by Gasteiger charge is 2.28. The average Bonchev–Trinajstić information content (AvgIpc) is 2.71. The quantitative estimate of drug-likeness (QED) is 0.866. The summed E-state index contributed by atoms with van der Waals surface area (Å²) in [7, 11) is 3.94. The minimum Gasteiger partial charge on any atom is -0.374 e. The van der Waals surface area contributed by atoms with Gasteiger partial charge in [0.1, 0.15) is 0 Å². The maximum absolute atomic E-state index is 6.37. The predicted octanol–water partition coefficient (Wildman–Crippen LogP) is 1.62. The molecule has 1 fully saturated rings. The Morgan fingerprint density at radius 2 is 2.29 bits per heavy atom. The van der Waals surface area contributed by atoms with Crippen LogP contribution in [0.25, 0.3) is 0 Å². The predicted molar refractivity (Wildman–Crippen MR) is 86.0 cm³/mol. The second-order valence-corrected chi connectivity index (χ2v) is 6.16. The Balaban J connectivity index is 2.05. The summed E-state index contributed by atoms with van der Waals surface area (Å²) in [5.74, 6) is 0. The maximum Gasteiger partial charge on any atom is 0.0858 e. The van der Waals surface area contributed by atoms with E-state index in [1.54, 1.807) is 0 Å². The number of rotatable bonds is 6. The van der Waals surface area contributed by atoms with Crippen molar-refractivity contribution in [1.29, 1.82) is 0 Å². The number of hydrogen-bond donors (Lipinski definition) is 1. The fourth-order valence-corrected chi connectivity index (χ4v) is 3.26. The lowest BCUT2D eigenvalue weighted by Crippen LogP contribution is -2.52. The van der Waals surface area contributed by atoms with Crippen LogP contribution >= 0.6 is 11.6 Å². The van der Waals surface area contributed by atoms with Gasteiger partial charge in [-0.15, -0.1) is 0 Å². The van der Waals surface area contributed by atoms with E-state index in [4.69, 9.17) is 16.3 Å². The van der Waals surface area contributed by atoms with Gasteiger partial charge in [-0.1, -0.05) is 18.5 Å². The normalized spacial score (nSPS) is 21.7. The zero-order valence-corrected chi connectivity index (χ0v) is 14.3. The van der Waals surface area contributed by atoms with Crippen molar-refractivity contribution in [3.8, 4) is 0 Å². The number of aryl methyl sites for hydroxylation is 2. The largest absolute Gasteiger partial charge is 0.374 e. The van der Waals surface area contributed by atoms with Gasteiger partial charge in [-0.05, 0) is 26.9 Å². The maximum atomic E-state index is 6.37. The van der Waals surface area contributed by atoms with Gasteiger partial charge in [0.05, 0.1) is 29.1 Å². The molecule has 0 bridgehead atoms. The highest BCUT2D eigenvalue weighted by atomic mass is 35.5. The Morgan fingerprint density at radius 1 is 1.52 bits per heavy atom. The zero-order valence-electron chi connectivity index (χ0n) is 13.5. The summed E-state index contributed by atoms with van der Waals surface area (Å²) in [5.41, 5.74) is 1.96. The third-order valence-corrected chi connectivity index (χ3v) is 4.70. The third-order valence-electron chi connectivity index (χ3n) is 4.21. The topological polar surface area (TPSA) is 42.3 Å². The molecule has 0 aliphatic carbocycles. The fourth-order valence-electron chi connectivity index (χ4n) is 3.02. The molecule has 0 saturated carbocycles. The molecule has 2 atom stereocenters. The number of ether oxygens (including phenoxy) is 1. The number of morpholine rings is 1. The highest BCUT2D eigenvalue weighted by Crippen LogP contribution is 2.22. The number of halogens is 1. The molecule has 1 aromatic heterocycles. The molecule has 21 heavy (non-hydrogen) atoms. The first kappa shape index (κ1) is 16.7. The second kappa shape index (κ2) is 7.58. The highest BCUT2D eigenvalue weighted by molar-refractivity contribution is 6.31. The van der Waals surface area contributed by atoms with Crippen molar-refractivity contribution in [2.75, 3.05) is 33.3 Å². The number of nitrogens with zero attached hydrogens (tertiary/aromatic N) is 3. The zero-order chi connectivity index (χ0) is 15.4. The van der Waals surface area contributed by atoms with Crippen LogP contribution in [0.3, 0.4) is 0 Å². The molecule has 0 radical (unpaired) electrons. The van der Waals surface area contributed by atoms with Gasteiger partial charge < -0.3 is 10.1 Å². The van der Waals surface area contributed by atoms with Crippen molar-refractivity contribution in [2.24, 2.45) is 7.05 Å². The summed E-state index contributed by atoms with van der Waals surface area (Å²) >= 11 is 6.37. The molecule has 5 nitrogen and oxygen atoms in total. The molecule has 0 spiro atoms. The SMILES string of the molecule is CCCN1CCOC(C(Cc2c(Cl)c(C)nn2C)NC)C1. The summed E-state index contributed by atoms with van der Waals surface area (Å²) in [5, 5.41) is 8.57. The molecule has 1 saturated heterocycles. The van der Waals surface area contributed by atoms with E-state index in [0.717, 1.165) is 49.1 Å². The van der Waals surface area contributed by atoms with Crippen molar-refractivity contribution < 1.29 is 4.74 Å². The Morgan fingerprint density at radius 3 is 2.86 bits per heavy atom. The molecule has 120 valence electrons. The van der Waals surface area contributed by atoms with E-state index in [-0.39, 0.29) is 12.1 Å². The van der Waals surface area contributed by atoms with Crippen molar-refractivity contribution in [2.45, 2.75) is 38.8 Å². The summed E-state index contributed by atoms with van der Waals surface area (Å²) in [4.78, 5) is 2.48. The molecular formula is C15H27ClN4O. The molecule has 2 heterocycles. The van der Waals surface area contributed by atoms with Crippen molar-refractivity contribution in [1.82, 2.24) is 20.0 Å². The van der Waals surface area contributed by atoms with Crippen molar-refractivity contribution in [3.63, 3.8) is 0 Å². The molecule has 1 aliphatic rings. The van der Waals surface area contributed by atoms with Crippen LogP contribution in [-0.2, 0) is 18.2 Å². The minimum absolute atomic E-state index is 0.196. The van der Waals surface area contributed by atoms with Crippen LogP contribution in [0.2, 0.25) is 5.02 Å². The molecule has 0 aromatic carbocycles. The van der Waals surface area contributed by atoms with E-state index in [9.17, 15) is 0 Å². The first-order valence-electron chi connectivity index (χ1n) is 7.76. The van der Waals surface area contributed by atoms with E-state index in [1.165, 1.54) is 6.42 Å².